The summed E-state index contributed by atoms with van der Waals surface area (Å²) in [5.41, 5.74) is 1.81. The maximum absolute atomic E-state index is 12.8. The number of hydrogen-bond acceptors (Lipinski definition) is 2. The Kier molecular flexibility index (Phi) is 5.68. The number of amides is 2. The summed E-state index contributed by atoms with van der Waals surface area (Å²) >= 11 is 0. The number of nitrogens with one attached hydrogen (secondary N) is 1. The zero-order valence-corrected chi connectivity index (χ0v) is 15.6. The minimum Gasteiger partial charge on any atom is -0.345 e. The topological polar surface area (TPSA) is 49.4 Å². The first-order valence-electron chi connectivity index (χ1n) is 8.96. The maximum Gasteiger partial charge on any atom is 0.243 e. The molecule has 2 rings (SSSR count). The van der Waals surface area contributed by atoms with E-state index in [0.717, 1.165) is 24.8 Å². The van der Waals surface area contributed by atoms with Gasteiger partial charge in [0.15, 0.2) is 0 Å². The fourth-order valence-corrected chi connectivity index (χ4v) is 3.19. The van der Waals surface area contributed by atoms with Crippen LogP contribution in [0.1, 0.15) is 58.1 Å². The summed E-state index contributed by atoms with van der Waals surface area (Å²) in [5.74, 6) is 0.0292. The van der Waals surface area contributed by atoms with Gasteiger partial charge in [-0.2, -0.15) is 0 Å². The predicted octanol–water partition coefficient (Wildman–Crippen LogP) is 3.38. The molecule has 0 bridgehead atoms. The molecule has 4 nitrogen and oxygen atoms in total. The molecule has 1 aromatic carbocycles. The Labute approximate surface area is 145 Å². The molecule has 0 saturated carbocycles. The van der Waals surface area contributed by atoms with Crippen molar-refractivity contribution in [2.45, 2.75) is 65.5 Å². The molecule has 0 aliphatic carbocycles. The third kappa shape index (κ3) is 3.97. The minimum atomic E-state index is -0.460. The molecule has 1 saturated heterocycles. The highest BCUT2D eigenvalue weighted by atomic mass is 16.2. The average molecular weight is 330 g/mol. The van der Waals surface area contributed by atoms with E-state index in [2.05, 4.69) is 17.4 Å². The Balaban J connectivity index is 2.10. The summed E-state index contributed by atoms with van der Waals surface area (Å²) in [4.78, 5) is 27.1. The second-order valence-corrected chi connectivity index (χ2v) is 7.48. The van der Waals surface area contributed by atoms with Crippen LogP contribution in [-0.2, 0) is 15.1 Å². The highest BCUT2D eigenvalue weighted by Gasteiger charge is 2.37. The van der Waals surface area contributed by atoms with Gasteiger partial charge in [0.05, 0.1) is 5.54 Å². The highest BCUT2D eigenvalue weighted by molar-refractivity contribution is 5.89. The number of rotatable bonds is 5. The Morgan fingerprint density at radius 1 is 1.29 bits per heavy atom. The number of aryl methyl sites for hydroxylation is 1. The molecule has 1 aromatic rings. The fourth-order valence-electron chi connectivity index (χ4n) is 3.19. The summed E-state index contributed by atoms with van der Waals surface area (Å²) in [6.45, 7) is 10.7. The lowest BCUT2D eigenvalue weighted by atomic mass is 9.93. The van der Waals surface area contributed by atoms with Crippen molar-refractivity contribution in [1.29, 1.82) is 0 Å². The molecule has 1 N–H and O–H groups in total. The van der Waals surface area contributed by atoms with E-state index in [1.54, 1.807) is 4.90 Å². The van der Waals surface area contributed by atoms with Crippen molar-refractivity contribution >= 4 is 11.8 Å². The number of carbonyl (C=O) groups excluding carboxylic acids is 2. The molecular weight excluding hydrogens is 300 g/mol. The predicted molar refractivity (Wildman–Crippen MR) is 96.5 cm³/mol. The number of nitrogens with zero attached hydrogens (tertiary/aromatic N) is 1. The summed E-state index contributed by atoms with van der Waals surface area (Å²) < 4.78 is 0. The molecular formula is C20H30N2O2. The van der Waals surface area contributed by atoms with Gasteiger partial charge in [-0.1, -0.05) is 43.7 Å². The van der Waals surface area contributed by atoms with E-state index in [1.807, 2.05) is 46.8 Å². The minimum absolute atomic E-state index is 0.0245. The van der Waals surface area contributed by atoms with Gasteiger partial charge in [0, 0.05) is 12.5 Å². The van der Waals surface area contributed by atoms with Crippen LogP contribution in [0.25, 0.3) is 0 Å². The average Bonchev–Trinajstić information content (AvgIpc) is 3.03. The Hall–Kier alpha value is -1.84. The summed E-state index contributed by atoms with van der Waals surface area (Å²) in [6.07, 6.45) is 2.45. The van der Waals surface area contributed by atoms with Crippen LogP contribution < -0.4 is 5.32 Å². The van der Waals surface area contributed by atoms with E-state index < -0.39 is 5.54 Å². The molecule has 1 aliphatic rings. The molecule has 2 unspecified atom stereocenters. The van der Waals surface area contributed by atoms with Gasteiger partial charge < -0.3 is 10.2 Å². The monoisotopic (exact) mass is 330 g/mol. The van der Waals surface area contributed by atoms with Gasteiger partial charge in [0.2, 0.25) is 11.8 Å². The Bertz CT molecular complexity index is 592. The first kappa shape index (κ1) is 18.5. The molecule has 2 amide bonds. The normalized spacial score (nSPS) is 19.2. The van der Waals surface area contributed by atoms with Crippen molar-refractivity contribution in [3.63, 3.8) is 0 Å². The van der Waals surface area contributed by atoms with Crippen molar-refractivity contribution in [3.05, 3.63) is 35.4 Å². The van der Waals surface area contributed by atoms with E-state index in [1.165, 1.54) is 5.56 Å². The first-order valence-corrected chi connectivity index (χ1v) is 8.96. The zero-order valence-electron chi connectivity index (χ0n) is 15.6. The molecule has 0 radical (unpaired) electrons. The van der Waals surface area contributed by atoms with Crippen molar-refractivity contribution in [1.82, 2.24) is 10.2 Å². The molecule has 24 heavy (non-hydrogen) atoms. The van der Waals surface area contributed by atoms with E-state index in [4.69, 9.17) is 0 Å². The zero-order chi connectivity index (χ0) is 17.9. The third-order valence-electron chi connectivity index (χ3n) is 5.08. The van der Waals surface area contributed by atoms with Crippen LogP contribution >= 0.6 is 0 Å². The molecule has 4 heteroatoms. The van der Waals surface area contributed by atoms with Gasteiger partial charge in [0.25, 0.3) is 0 Å². The summed E-state index contributed by atoms with van der Waals surface area (Å²) in [7, 11) is 0. The van der Waals surface area contributed by atoms with Crippen molar-refractivity contribution in [2.75, 3.05) is 6.54 Å². The van der Waals surface area contributed by atoms with Crippen LogP contribution in [0.3, 0.4) is 0 Å². The maximum atomic E-state index is 12.8. The van der Waals surface area contributed by atoms with Gasteiger partial charge in [0.1, 0.15) is 6.04 Å². The van der Waals surface area contributed by atoms with Crippen molar-refractivity contribution in [2.24, 2.45) is 5.92 Å². The van der Waals surface area contributed by atoms with Crippen LogP contribution in [0.2, 0.25) is 0 Å². The molecule has 2 atom stereocenters. The summed E-state index contributed by atoms with van der Waals surface area (Å²) in [6, 6.07) is 7.87. The van der Waals surface area contributed by atoms with Gasteiger partial charge in [-0.15, -0.1) is 0 Å². The molecule has 1 fully saturated rings. The fraction of sp³-hybridized carbons (Fsp3) is 0.600. The Morgan fingerprint density at radius 3 is 2.50 bits per heavy atom. The third-order valence-corrected chi connectivity index (χ3v) is 5.08. The van der Waals surface area contributed by atoms with Crippen LogP contribution in [0.15, 0.2) is 24.3 Å². The van der Waals surface area contributed by atoms with Crippen molar-refractivity contribution < 1.29 is 9.59 Å². The van der Waals surface area contributed by atoms with Crippen LogP contribution in [0, 0.1) is 12.8 Å². The van der Waals surface area contributed by atoms with Crippen LogP contribution in [-0.4, -0.2) is 29.3 Å². The van der Waals surface area contributed by atoms with Gasteiger partial charge >= 0.3 is 0 Å². The molecule has 132 valence electrons. The van der Waals surface area contributed by atoms with Gasteiger partial charge in [-0.25, -0.2) is 0 Å². The lowest BCUT2D eigenvalue weighted by Gasteiger charge is -2.32. The first-order chi connectivity index (χ1) is 11.3. The van der Waals surface area contributed by atoms with E-state index in [0.29, 0.717) is 6.54 Å². The van der Waals surface area contributed by atoms with E-state index >= 15 is 0 Å². The quantitative estimate of drug-likeness (QED) is 0.900. The van der Waals surface area contributed by atoms with E-state index in [-0.39, 0.29) is 23.8 Å². The number of likely N-dealkylation sites (tertiary alicyclic amines) is 1. The smallest absolute Gasteiger partial charge is 0.243 e. The van der Waals surface area contributed by atoms with Crippen LogP contribution in [0.5, 0.6) is 0 Å². The van der Waals surface area contributed by atoms with Crippen LogP contribution in [0.4, 0.5) is 0 Å². The number of carbonyl (C=O) groups is 2. The van der Waals surface area contributed by atoms with Crippen molar-refractivity contribution in [3.8, 4) is 0 Å². The largest absolute Gasteiger partial charge is 0.345 e. The van der Waals surface area contributed by atoms with Gasteiger partial charge in [-0.3, -0.25) is 9.59 Å². The standard InChI is InChI=1S/C20H30N2O2/c1-6-15(3)19(24)22-13-7-8-17(22)18(23)21-20(4,5)16-11-9-14(2)10-12-16/h9-12,15,17H,6-8,13H2,1-5H3,(H,21,23). The van der Waals surface area contributed by atoms with Gasteiger partial charge in [-0.05, 0) is 45.6 Å². The number of hydrogen-bond donors (Lipinski definition) is 1. The number of benzene rings is 1. The second kappa shape index (κ2) is 7.37. The molecule has 0 aromatic heterocycles. The Morgan fingerprint density at radius 2 is 1.92 bits per heavy atom. The summed E-state index contributed by atoms with van der Waals surface area (Å²) in [5, 5.41) is 3.14. The highest BCUT2D eigenvalue weighted by Crippen LogP contribution is 2.25. The lowest BCUT2D eigenvalue weighted by molar-refractivity contribution is -0.141. The molecule has 1 aliphatic heterocycles. The SMILES string of the molecule is CCC(C)C(=O)N1CCCC1C(=O)NC(C)(C)c1ccc(C)cc1. The van der Waals surface area contributed by atoms with E-state index in [9.17, 15) is 9.59 Å². The lowest BCUT2D eigenvalue weighted by Crippen LogP contribution is -2.52. The molecule has 1 heterocycles. The second-order valence-electron chi connectivity index (χ2n) is 7.48. The molecule has 0 spiro atoms.